The van der Waals surface area contributed by atoms with Crippen LogP contribution >= 0.6 is 36.2 Å². The van der Waals surface area contributed by atoms with Crippen molar-refractivity contribution in [1.82, 2.24) is 15.2 Å². The van der Waals surface area contributed by atoms with Gasteiger partial charge in [-0.2, -0.15) is 0 Å². The minimum atomic E-state index is -0.00259. The van der Waals surface area contributed by atoms with E-state index >= 15 is 0 Å². The smallest absolute Gasteiger partial charge is 0.229 e. The van der Waals surface area contributed by atoms with Crippen LogP contribution in [0, 0.1) is 11.8 Å². The Morgan fingerprint density at radius 1 is 1.30 bits per heavy atom. The third-order valence-corrected chi connectivity index (χ3v) is 4.70. The van der Waals surface area contributed by atoms with Crippen molar-refractivity contribution in [2.75, 3.05) is 11.9 Å². The van der Waals surface area contributed by atoms with Gasteiger partial charge in [0.05, 0.1) is 0 Å². The highest BCUT2D eigenvalue weighted by atomic mass is 35.5. The van der Waals surface area contributed by atoms with Gasteiger partial charge in [-0.25, -0.2) is 0 Å². The molecule has 2 aromatic rings. The summed E-state index contributed by atoms with van der Waals surface area (Å²) in [4.78, 5) is 16.5. The summed E-state index contributed by atoms with van der Waals surface area (Å²) in [6.45, 7) is 0.563. The molecule has 0 saturated heterocycles. The van der Waals surface area contributed by atoms with Crippen molar-refractivity contribution in [3.05, 3.63) is 24.4 Å². The number of anilines is 1. The van der Waals surface area contributed by atoms with E-state index in [2.05, 4.69) is 20.5 Å². The van der Waals surface area contributed by atoms with Gasteiger partial charge >= 0.3 is 0 Å². The van der Waals surface area contributed by atoms with Crippen LogP contribution in [0.5, 0.6) is 0 Å². The van der Waals surface area contributed by atoms with Crippen molar-refractivity contribution < 1.29 is 4.79 Å². The third kappa shape index (κ3) is 4.60. The number of pyridine rings is 1. The molecule has 2 heterocycles. The molecule has 2 aromatic heterocycles. The van der Waals surface area contributed by atoms with Crippen LogP contribution in [0.1, 0.15) is 19.3 Å². The molecule has 0 radical (unpaired) electrons. The van der Waals surface area contributed by atoms with Gasteiger partial charge in [-0.15, -0.1) is 35.0 Å². The number of nitrogens with one attached hydrogen (secondary N) is 1. The van der Waals surface area contributed by atoms with Crippen LogP contribution in [-0.4, -0.2) is 27.6 Å². The minimum absolute atomic E-state index is 0. The maximum absolute atomic E-state index is 12.3. The summed E-state index contributed by atoms with van der Waals surface area (Å²) in [7, 11) is 0. The first-order valence-corrected chi connectivity index (χ1v) is 7.85. The first-order chi connectivity index (χ1) is 10.3. The van der Waals surface area contributed by atoms with Gasteiger partial charge in [0.1, 0.15) is 5.69 Å². The highest BCUT2D eigenvalue weighted by Crippen LogP contribution is 2.32. The van der Waals surface area contributed by atoms with Gasteiger partial charge in [-0.05, 0) is 37.4 Å². The Kier molecular flexibility index (Phi) is 7.84. The average Bonchev–Trinajstić information content (AvgIpc) is 3.16. The Hall–Kier alpha value is -1.28. The molecule has 3 N–H and O–H groups in total. The Balaban J connectivity index is 0.00000132. The van der Waals surface area contributed by atoms with E-state index < -0.39 is 0 Å². The Bertz CT molecular complexity index is 625. The van der Waals surface area contributed by atoms with Gasteiger partial charge in [0.25, 0.3) is 0 Å². The van der Waals surface area contributed by atoms with Crippen LogP contribution < -0.4 is 11.1 Å². The van der Waals surface area contributed by atoms with Crippen molar-refractivity contribution in [2.45, 2.75) is 19.3 Å². The maximum atomic E-state index is 12.3. The maximum Gasteiger partial charge on any atom is 0.229 e. The van der Waals surface area contributed by atoms with Crippen LogP contribution in [0.25, 0.3) is 10.7 Å². The summed E-state index contributed by atoms with van der Waals surface area (Å²) in [6, 6.07) is 5.61. The average molecular weight is 376 g/mol. The van der Waals surface area contributed by atoms with Crippen LogP contribution in [-0.2, 0) is 4.79 Å². The van der Waals surface area contributed by atoms with E-state index in [0.29, 0.717) is 16.7 Å². The number of hydrogen-bond acceptors (Lipinski definition) is 6. The summed E-state index contributed by atoms with van der Waals surface area (Å²) in [5, 5.41) is 12.2. The number of amides is 1. The van der Waals surface area contributed by atoms with Gasteiger partial charge in [0.2, 0.25) is 11.0 Å². The van der Waals surface area contributed by atoms with Crippen LogP contribution in [0.2, 0.25) is 0 Å². The van der Waals surface area contributed by atoms with Crippen LogP contribution in [0.3, 0.4) is 0 Å². The van der Waals surface area contributed by atoms with Crippen molar-refractivity contribution in [2.24, 2.45) is 17.6 Å². The molecular formula is C14H19Cl2N5OS. The highest BCUT2D eigenvalue weighted by molar-refractivity contribution is 7.18. The molecule has 0 spiro atoms. The van der Waals surface area contributed by atoms with E-state index in [0.717, 1.165) is 25.0 Å². The lowest BCUT2D eigenvalue weighted by molar-refractivity contribution is -0.120. The monoisotopic (exact) mass is 375 g/mol. The fourth-order valence-corrected chi connectivity index (χ4v) is 3.45. The minimum Gasteiger partial charge on any atom is -0.330 e. The predicted octanol–water partition coefficient (Wildman–Crippen LogP) is 2.76. The lowest BCUT2D eigenvalue weighted by Gasteiger charge is -2.15. The quantitative estimate of drug-likeness (QED) is 0.856. The molecule has 23 heavy (non-hydrogen) atoms. The SMILES string of the molecule is Cl.Cl.NC[C@H]1CCC[C@H]1C(=O)Nc1nnc(-c2ccccn2)s1. The highest BCUT2D eigenvalue weighted by Gasteiger charge is 2.32. The molecule has 9 heteroatoms. The molecular weight excluding hydrogens is 357 g/mol. The number of aromatic nitrogens is 3. The van der Waals surface area contributed by atoms with E-state index in [9.17, 15) is 4.79 Å². The molecule has 1 fully saturated rings. The number of hydrogen-bond donors (Lipinski definition) is 2. The van der Waals surface area contributed by atoms with E-state index in [-0.39, 0.29) is 42.6 Å². The lowest BCUT2D eigenvalue weighted by atomic mass is 9.95. The first-order valence-electron chi connectivity index (χ1n) is 7.04. The van der Waals surface area contributed by atoms with Crippen molar-refractivity contribution in [1.29, 1.82) is 0 Å². The topological polar surface area (TPSA) is 93.8 Å². The molecule has 0 bridgehead atoms. The molecule has 3 rings (SSSR count). The number of carbonyl (C=O) groups is 1. The Morgan fingerprint density at radius 2 is 2.13 bits per heavy atom. The second-order valence-electron chi connectivity index (χ2n) is 5.15. The molecule has 1 aliphatic rings. The standard InChI is InChI=1S/C14H17N5OS.2ClH/c15-8-9-4-3-5-10(9)12(20)17-14-19-18-13(21-14)11-6-1-2-7-16-11;;/h1-2,6-7,9-10H,3-5,8,15H2,(H,17,19,20);2*1H/t9-,10-;;/m1../s1. The van der Waals surface area contributed by atoms with Crippen molar-refractivity contribution >= 4 is 47.2 Å². The number of halogens is 2. The number of nitrogens with zero attached hydrogens (tertiary/aromatic N) is 3. The van der Waals surface area contributed by atoms with Gasteiger partial charge in [-0.3, -0.25) is 9.78 Å². The fraction of sp³-hybridized carbons (Fsp3) is 0.429. The van der Waals surface area contributed by atoms with Crippen molar-refractivity contribution in [3.8, 4) is 10.7 Å². The zero-order chi connectivity index (χ0) is 14.7. The zero-order valence-electron chi connectivity index (χ0n) is 12.3. The number of nitrogens with two attached hydrogens (primary N) is 1. The molecule has 1 saturated carbocycles. The fourth-order valence-electron chi connectivity index (χ4n) is 2.73. The molecule has 6 nitrogen and oxygen atoms in total. The molecule has 0 aliphatic heterocycles. The summed E-state index contributed by atoms with van der Waals surface area (Å²) < 4.78 is 0. The number of carbonyl (C=O) groups excluding carboxylic acids is 1. The van der Waals surface area contributed by atoms with Gasteiger partial charge in [-0.1, -0.05) is 23.8 Å². The van der Waals surface area contributed by atoms with Gasteiger partial charge in [0.15, 0.2) is 5.01 Å². The summed E-state index contributed by atoms with van der Waals surface area (Å²) in [6.07, 6.45) is 4.71. The second kappa shape index (κ2) is 9.12. The van der Waals surface area contributed by atoms with E-state index in [1.165, 1.54) is 11.3 Å². The summed E-state index contributed by atoms with van der Waals surface area (Å²) >= 11 is 1.33. The molecule has 1 amide bonds. The second-order valence-corrected chi connectivity index (χ2v) is 6.13. The van der Waals surface area contributed by atoms with E-state index in [1.807, 2.05) is 18.2 Å². The number of rotatable bonds is 4. The van der Waals surface area contributed by atoms with E-state index in [1.54, 1.807) is 6.20 Å². The Morgan fingerprint density at radius 3 is 2.83 bits per heavy atom. The normalized spacial score (nSPS) is 19.5. The zero-order valence-corrected chi connectivity index (χ0v) is 14.8. The van der Waals surface area contributed by atoms with Crippen molar-refractivity contribution in [3.63, 3.8) is 0 Å². The van der Waals surface area contributed by atoms with Gasteiger partial charge in [0, 0.05) is 12.1 Å². The summed E-state index contributed by atoms with van der Waals surface area (Å²) in [5.41, 5.74) is 6.48. The van der Waals surface area contributed by atoms with Gasteiger partial charge < -0.3 is 11.1 Å². The third-order valence-electron chi connectivity index (χ3n) is 3.84. The molecule has 2 atom stereocenters. The lowest BCUT2D eigenvalue weighted by Crippen LogP contribution is -2.29. The first kappa shape index (κ1) is 19.8. The largest absolute Gasteiger partial charge is 0.330 e. The van der Waals surface area contributed by atoms with Crippen LogP contribution in [0.4, 0.5) is 5.13 Å². The summed E-state index contributed by atoms with van der Waals surface area (Å²) in [5.74, 6) is 0.289. The van der Waals surface area contributed by atoms with E-state index in [4.69, 9.17) is 5.73 Å². The molecule has 0 aromatic carbocycles. The molecule has 1 aliphatic carbocycles. The van der Waals surface area contributed by atoms with Crippen LogP contribution in [0.15, 0.2) is 24.4 Å². The predicted molar refractivity (Wildman–Crippen MR) is 96.2 cm³/mol. The molecule has 0 unspecified atom stereocenters. The Labute approximate surface area is 151 Å². The molecule has 126 valence electrons.